The lowest BCUT2D eigenvalue weighted by atomic mass is 9.92. The fraction of sp³-hybridized carbons (Fsp3) is 0.200. The molecule has 1 aromatic carbocycles. The maximum atomic E-state index is 11.5. The molecule has 1 aliphatic rings. The summed E-state index contributed by atoms with van der Waals surface area (Å²) in [5.74, 6) is 0.338. The first-order valence-electron chi connectivity index (χ1n) is 8.37. The molecule has 0 saturated carbocycles. The minimum atomic E-state index is -1.05. The number of rotatable bonds is 4. The van der Waals surface area contributed by atoms with E-state index in [-0.39, 0.29) is 12.3 Å². The molecule has 7 heteroatoms. The standard InChI is InChI=1S/C20H18N2O4S/c1-10(2)6-12-7-13-16-14(17(20(23)24)22-21-16)8-26-19(13)15(18(12)25-3)11-4-5-27-9-11/h4-7,9H,8H2,1-3H3,(H,21,22)(H,23,24). The average molecular weight is 382 g/mol. The highest BCUT2D eigenvalue weighted by Gasteiger charge is 2.31. The van der Waals surface area contributed by atoms with Crippen LogP contribution >= 0.6 is 11.3 Å². The van der Waals surface area contributed by atoms with Gasteiger partial charge in [-0.3, -0.25) is 5.10 Å². The summed E-state index contributed by atoms with van der Waals surface area (Å²) in [5.41, 5.74) is 5.85. The average Bonchev–Trinajstić information content (AvgIpc) is 3.29. The van der Waals surface area contributed by atoms with Crippen molar-refractivity contribution in [3.05, 3.63) is 45.3 Å². The summed E-state index contributed by atoms with van der Waals surface area (Å²) >= 11 is 1.59. The van der Waals surface area contributed by atoms with Gasteiger partial charge in [0.2, 0.25) is 0 Å². The van der Waals surface area contributed by atoms with Gasteiger partial charge in [0, 0.05) is 11.1 Å². The Morgan fingerprint density at radius 3 is 2.89 bits per heavy atom. The second-order valence-corrected chi connectivity index (χ2v) is 7.28. The van der Waals surface area contributed by atoms with Gasteiger partial charge in [-0.15, -0.1) is 0 Å². The van der Waals surface area contributed by atoms with Crippen molar-refractivity contribution >= 4 is 23.4 Å². The number of aromatic nitrogens is 2. The predicted molar refractivity (Wildman–Crippen MR) is 105 cm³/mol. The van der Waals surface area contributed by atoms with Crippen LogP contribution in [0.4, 0.5) is 0 Å². The van der Waals surface area contributed by atoms with Crippen molar-refractivity contribution in [2.75, 3.05) is 7.11 Å². The number of carboxylic acids is 1. The van der Waals surface area contributed by atoms with Crippen molar-refractivity contribution < 1.29 is 19.4 Å². The first-order valence-corrected chi connectivity index (χ1v) is 9.31. The summed E-state index contributed by atoms with van der Waals surface area (Å²) < 4.78 is 11.8. The number of allylic oxidation sites excluding steroid dienone is 1. The molecule has 3 aromatic rings. The van der Waals surface area contributed by atoms with Gasteiger partial charge in [0.25, 0.3) is 0 Å². The molecule has 2 aromatic heterocycles. The lowest BCUT2D eigenvalue weighted by Crippen LogP contribution is -2.10. The Morgan fingerprint density at radius 2 is 2.26 bits per heavy atom. The molecule has 0 spiro atoms. The number of hydrogen-bond donors (Lipinski definition) is 2. The van der Waals surface area contributed by atoms with E-state index in [1.807, 2.05) is 42.8 Å². The van der Waals surface area contributed by atoms with E-state index in [1.54, 1.807) is 18.4 Å². The van der Waals surface area contributed by atoms with Gasteiger partial charge < -0.3 is 14.6 Å². The number of aromatic amines is 1. The maximum Gasteiger partial charge on any atom is 0.354 e. The normalized spacial score (nSPS) is 12.0. The summed E-state index contributed by atoms with van der Waals surface area (Å²) in [6.45, 7) is 4.17. The van der Waals surface area contributed by atoms with Crippen molar-refractivity contribution in [1.29, 1.82) is 0 Å². The number of H-pyrrole nitrogens is 1. The quantitative estimate of drug-likeness (QED) is 0.675. The summed E-state index contributed by atoms with van der Waals surface area (Å²) in [6.07, 6.45) is 2.04. The molecule has 0 bridgehead atoms. The van der Waals surface area contributed by atoms with Gasteiger partial charge in [0.15, 0.2) is 5.69 Å². The number of ether oxygens (including phenoxy) is 2. The number of carbonyl (C=O) groups is 1. The number of aromatic carboxylic acids is 1. The van der Waals surface area contributed by atoms with E-state index in [9.17, 15) is 9.90 Å². The lowest BCUT2D eigenvalue weighted by Gasteiger charge is -2.23. The molecule has 0 unspecified atom stereocenters. The zero-order chi connectivity index (χ0) is 19.1. The lowest BCUT2D eigenvalue weighted by molar-refractivity contribution is 0.0687. The molecule has 0 saturated heterocycles. The Kier molecular flexibility index (Phi) is 4.24. The Morgan fingerprint density at radius 1 is 1.44 bits per heavy atom. The van der Waals surface area contributed by atoms with E-state index < -0.39 is 5.97 Å². The minimum Gasteiger partial charge on any atom is -0.495 e. The van der Waals surface area contributed by atoms with E-state index in [4.69, 9.17) is 9.47 Å². The van der Waals surface area contributed by atoms with Crippen molar-refractivity contribution in [2.24, 2.45) is 0 Å². The van der Waals surface area contributed by atoms with Crippen LogP contribution in [0, 0.1) is 0 Å². The molecule has 27 heavy (non-hydrogen) atoms. The van der Waals surface area contributed by atoms with Gasteiger partial charge in [-0.2, -0.15) is 16.4 Å². The van der Waals surface area contributed by atoms with E-state index >= 15 is 0 Å². The van der Waals surface area contributed by atoms with Crippen LogP contribution in [0.2, 0.25) is 0 Å². The van der Waals surface area contributed by atoms with Gasteiger partial charge >= 0.3 is 5.97 Å². The zero-order valence-corrected chi connectivity index (χ0v) is 15.9. The number of methoxy groups -OCH3 is 1. The molecule has 0 fully saturated rings. The van der Waals surface area contributed by atoms with E-state index in [0.29, 0.717) is 17.0 Å². The third-order valence-electron chi connectivity index (χ3n) is 4.42. The number of thiophene rings is 1. The number of hydrogen-bond acceptors (Lipinski definition) is 5. The number of benzene rings is 1. The molecule has 0 atom stereocenters. The van der Waals surface area contributed by atoms with Gasteiger partial charge in [0.1, 0.15) is 23.8 Å². The summed E-state index contributed by atoms with van der Waals surface area (Å²) in [7, 11) is 1.64. The minimum absolute atomic E-state index is 0.0623. The number of carboxylic acid groups (broad SMARTS) is 1. The van der Waals surface area contributed by atoms with Crippen LogP contribution in [0.15, 0.2) is 28.5 Å². The fourth-order valence-corrected chi connectivity index (χ4v) is 4.00. The highest BCUT2D eigenvalue weighted by Crippen LogP contribution is 2.50. The number of nitrogens with one attached hydrogen (secondary N) is 1. The first-order chi connectivity index (χ1) is 13.0. The Labute approximate surface area is 160 Å². The van der Waals surface area contributed by atoms with Gasteiger partial charge in [0.05, 0.1) is 18.2 Å². The van der Waals surface area contributed by atoms with E-state index in [0.717, 1.165) is 33.6 Å². The zero-order valence-electron chi connectivity index (χ0n) is 15.1. The van der Waals surface area contributed by atoms with Crippen LogP contribution < -0.4 is 9.47 Å². The fourth-order valence-electron chi connectivity index (χ4n) is 3.35. The largest absolute Gasteiger partial charge is 0.495 e. The van der Waals surface area contributed by atoms with Crippen LogP contribution in [0.25, 0.3) is 28.5 Å². The van der Waals surface area contributed by atoms with Crippen LogP contribution in [0.5, 0.6) is 11.5 Å². The molecule has 138 valence electrons. The summed E-state index contributed by atoms with van der Waals surface area (Å²) in [4.78, 5) is 11.5. The molecule has 3 heterocycles. The summed E-state index contributed by atoms with van der Waals surface area (Å²) in [6, 6.07) is 3.96. The molecule has 6 nitrogen and oxygen atoms in total. The molecule has 0 amide bonds. The van der Waals surface area contributed by atoms with Crippen molar-refractivity contribution in [3.63, 3.8) is 0 Å². The third kappa shape index (κ3) is 2.80. The molecule has 0 radical (unpaired) electrons. The van der Waals surface area contributed by atoms with Gasteiger partial charge in [-0.25, -0.2) is 4.79 Å². The second kappa shape index (κ2) is 6.59. The van der Waals surface area contributed by atoms with E-state index in [1.165, 1.54) is 0 Å². The monoisotopic (exact) mass is 382 g/mol. The van der Waals surface area contributed by atoms with Gasteiger partial charge in [-0.05, 0) is 42.3 Å². The highest BCUT2D eigenvalue weighted by molar-refractivity contribution is 7.08. The van der Waals surface area contributed by atoms with Crippen LogP contribution in [0.1, 0.15) is 35.5 Å². The SMILES string of the molecule is COc1c(C=C(C)C)cc2c(c1-c1ccsc1)OCc1c-2n[nH]c1C(=O)O. The maximum absolute atomic E-state index is 11.5. The Hall–Kier alpha value is -3.06. The summed E-state index contributed by atoms with van der Waals surface area (Å²) in [5, 5.41) is 20.3. The Balaban J connectivity index is 2.06. The van der Waals surface area contributed by atoms with Crippen molar-refractivity contribution in [3.8, 4) is 33.9 Å². The molecule has 4 rings (SSSR count). The molecular weight excluding hydrogens is 364 g/mol. The van der Waals surface area contributed by atoms with Crippen LogP contribution in [-0.2, 0) is 6.61 Å². The topological polar surface area (TPSA) is 84.4 Å². The predicted octanol–water partition coefficient (Wildman–Crippen LogP) is 4.83. The smallest absolute Gasteiger partial charge is 0.354 e. The van der Waals surface area contributed by atoms with Crippen molar-refractivity contribution in [2.45, 2.75) is 20.5 Å². The van der Waals surface area contributed by atoms with Gasteiger partial charge in [-0.1, -0.05) is 11.6 Å². The molecule has 0 aliphatic carbocycles. The molecule has 1 aliphatic heterocycles. The Bertz CT molecular complexity index is 1060. The molecular formula is C20H18N2O4S. The van der Waals surface area contributed by atoms with Crippen LogP contribution in [0.3, 0.4) is 0 Å². The van der Waals surface area contributed by atoms with Crippen molar-refractivity contribution in [1.82, 2.24) is 10.2 Å². The number of nitrogens with zero attached hydrogens (tertiary/aromatic N) is 1. The first kappa shape index (κ1) is 17.4. The number of fused-ring (bicyclic) bond motifs is 3. The third-order valence-corrected chi connectivity index (χ3v) is 5.10. The van der Waals surface area contributed by atoms with E-state index in [2.05, 4.69) is 10.2 Å². The highest BCUT2D eigenvalue weighted by atomic mass is 32.1. The second-order valence-electron chi connectivity index (χ2n) is 6.50. The molecule has 2 N–H and O–H groups in total. The van der Waals surface area contributed by atoms with Crippen LogP contribution in [-0.4, -0.2) is 28.4 Å².